The van der Waals surface area contributed by atoms with E-state index in [1.54, 1.807) is 4.90 Å². The van der Waals surface area contributed by atoms with Gasteiger partial charge in [0, 0.05) is 54.0 Å². The summed E-state index contributed by atoms with van der Waals surface area (Å²) in [4.78, 5) is 30.1. The van der Waals surface area contributed by atoms with Crippen LogP contribution in [-0.4, -0.2) is 47.7 Å². The monoisotopic (exact) mass is 497 g/mol. The first-order valence-electron chi connectivity index (χ1n) is 10.7. The molecule has 5 rings (SSSR count). The first kappa shape index (κ1) is 20.9. The van der Waals surface area contributed by atoms with Gasteiger partial charge in [-0.3, -0.25) is 4.79 Å². The molecule has 3 heterocycles. The van der Waals surface area contributed by atoms with Crippen molar-refractivity contribution in [3.05, 3.63) is 64.3 Å². The standard InChI is InChI=1S/C24H24BrN3O4/c1-31-23(30)28-11-8-24(9-12-28)14-19(18-13-16(25)5-6-20(18)32-24)27-22(29)17-4-2-3-15-7-10-26-21(15)17/h2-7,10,13,19,26H,8-9,11-12,14H2,1H3,(H,27,29)/t19-/m0/s1. The van der Waals surface area contributed by atoms with Gasteiger partial charge in [0.05, 0.1) is 24.2 Å². The van der Waals surface area contributed by atoms with Crippen LogP contribution in [0, 0.1) is 0 Å². The van der Waals surface area contributed by atoms with Crippen molar-refractivity contribution in [2.75, 3.05) is 20.2 Å². The Hall–Kier alpha value is -3.00. The van der Waals surface area contributed by atoms with Crippen LogP contribution in [0.3, 0.4) is 0 Å². The molecule has 2 N–H and O–H groups in total. The summed E-state index contributed by atoms with van der Waals surface area (Å²) in [7, 11) is 1.40. The minimum Gasteiger partial charge on any atom is -0.487 e. The third-order valence-corrected chi connectivity index (χ3v) is 6.99. The van der Waals surface area contributed by atoms with E-state index in [0.29, 0.717) is 37.9 Å². The number of carbonyl (C=O) groups excluding carboxylic acids is 2. The van der Waals surface area contributed by atoms with Gasteiger partial charge in [0.2, 0.25) is 0 Å². The summed E-state index contributed by atoms with van der Waals surface area (Å²) in [6.45, 7) is 1.11. The van der Waals surface area contributed by atoms with Crippen molar-refractivity contribution in [3.63, 3.8) is 0 Å². The van der Waals surface area contributed by atoms with Gasteiger partial charge in [0.1, 0.15) is 11.4 Å². The second kappa shape index (κ2) is 8.16. The van der Waals surface area contributed by atoms with Gasteiger partial charge in [-0.15, -0.1) is 0 Å². The predicted molar refractivity (Wildman–Crippen MR) is 124 cm³/mol. The molecule has 1 fully saturated rings. The van der Waals surface area contributed by atoms with Crippen LogP contribution in [0.4, 0.5) is 4.79 Å². The fourth-order valence-electron chi connectivity index (χ4n) is 4.81. The topological polar surface area (TPSA) is 83.7 Å². The molecule has 2 aromatic carbocycles. The molecule has 1 aromatic heterocycles. The van der Waals surface area contributed by atoms with Gasteiger partial charge in [-0.1, -0.05) is 28.1 Å². The predicted octanol–water partition coefficient (Wildman–Crippen LogP) is 4.79. The van der Waals surface area contributed by atoms with Crippen LogP contribution in [0.2, 0.25) is 0 Å². The fraction of sp³-hybridized carbons (Fsp3) is 0.333. The highest BCUT2D eigenvalue weighted by Crippen LogP contribution is 2.45. The molecule has 1 spiro atoms. The summed E-state index contributed by atoms with van der Waals surface area (Å²) in [5, 5.41) is 4.25. The molecule has 32 heavy (non-hydrogen) atoms. The van der Waals surface area contributed by atoms with Crippen LogP contribution in [-0.2, 0) is 4.74 Å². The molecule has 166 valence electrons. The zero-order chi connectivity index (χ0) is 22.3. The number of hydrogen-bond acceptors (Lipinski definition) is 4. The zero-order valence-corrected chi connectivity index (χ0v) is 19.3. The maximum atomic E-state index is 13.3. The van der Waals surface area contributed by atoms with Gasteiger partial charge in [0.15, 0.2) is 0 Å². The summed E-state index contributed by atoms with van der Waals surface area (Å²) in [5.74, 6) is 0.646. The van der Waals surface area contributed by atoms with E-state index in [2.05, 4.69) is 26.2 Å². The summed E-state index contributed by atoms with van der Waals surface area (Å²) in [6, 6.07) is 13.3. The van der Waals surface area contributed by atoms with Crippen LogP contribution in [0.15, 0.2) is 53.1 Å². The smallest absolute Gasteiger partial charge is 0.409 e. The number of para-hydroxylation sites is 1. The van der Waals surface area contributed by atoms with Crippen LogP contribution < -0.4 is 10.1 Å². The number of nitrogens with one attached hydrogen (secondary N) is 2. The summed E-state index contributed by atoms with van der Waals surface area (Å²) >= 11 is 3.54. The minimum absolute atomic E-state index is 0.127. The number of rotatable bonds is 2. The Morgan fingerprint density at radius 2 is 2.03 bits per heavy atom. The van der Waals surface area contributed by atoms with Gasteiger partial charge < -0.3 is 24.7 Å². The molecule has 7 nitrogen and oxygen atoms in total. The van der Waals surface area contributed by atoms with Gasteiger partial charge in [-0.25, -0.2) is 4.79 Å². The molecular formula is C24H24BrN3O4. The molecule has 1 saturated heterocycles. The maximum absolute atomic E-state index is 13.3. The van der Waals surface area contributed by atoms with Gasteiger partial charge in [0.25, 0.3) is 5.91 Å². The lowest BCUT2D eigenvalue weighted by Crippen LogP contribution is -2.53. The number of likely N-dealkylation sites (tertiary alicyclic amines) is 1. The molecule has 2 aliphatic heterocycles. The second-order valence-electron chi connectivity index (χ2n) is 8.40. The first-order chi connectivity index (χ1) is 15.5. The SMILES string of the molecule is COC(=O)N1CCC2(CC1)C[C@H](NC(=O)c1cccc3cc[nH]c13)c1cc(Br)ccc1O2. The Morgan fingerprint density at radius 3 is 2.81 bits per heavy atom. The number of ether oxygens (including phenoxy) is 2. The normalized spacial score (nSPS) is 19.3. The third-order valence-electron chi connectivity index (χ3n) is 6.49. The lowest BCUT2D eigenvalue weighted by molar-refractivity contribution is -0.0221. The van der Waals surface area contributed by atoms with Gasteiger partial charge >= 0.3 is 6.09 Å². The maximum Gasteiger partial charge on any atom is 0.409 e. The third kappa shape index (κ3) is 3.72. The number of methoxy groups -OCH3 is 1. The lowest BCUT2D eigenvalue weighted by Gasteiger charge is -2.46. The van der Waals surface area contributed by atoms with E-state index >= 15 is 0 Å². The molecule has 0 saturated carbocycles. The molecule has 0 unspecified atom stereocenters. The number of piperidine rings is 1. The van der Waals surface area contributed by atoms with E-state index in [0.717, 1.165) is 26.7 Å². The van der Waals surface area contributed by atoms with Gasteiger partial charge in [-0.05, 0) is 30.3 Å². The molecular weight excluding hydrogens is 474 g/mol. The molecule has 2 amide bonds. The Balaban J connectivity index is 1.43. The van der Waals surface area contributed by atoms with Crippen molar-refractivity contribution >= 4 is 38.8 Å². The van der Waals surface area contributed by atoms with E-state index in [1.165, 1.54) is 7.11 Å². The van der Waals surface area contributed by atoms with Crippen molar-refractivity contribution < 1.29 is 19.1 Å². The molecule has 8 heteroatoms. The first-order valence-corrected chi connectivity index (χ1v) is 11.5. The molecule has 2 aliphatic rings. The Bertz CT molecular complexity index is 1180. The average Bonchev–Trinajstić information content (AvgIpc) is 3.28. The molecule has 0 bridgehead atoms. The van der Waals surface area contributed by atoms with Crippen molar-refractivity contribution in [1.82, 2.24) is 15.2 Å². The number of benzene rings is 2. The largest absolute Gasteiger partial charge is 0.487 e. The van der Waals surface area contributed by atoms with E-state index in [4.69, 9.17) is 9.47 Å². The Morgan fingerprint density at radius 1 is 1.22 bits per heavy atom. The quantitative estimate of drug-likeness (QED) is 0.533. The highest BCUT2D eigenvalue weighted by molar-refractivity contribution is 9.10. The second-order valence-corrected chi connectivity index (χ2v) is 9.32. The van der Waals surface area contributed by atoms with Crippen molar-refractivity contribution in [2.45, 2.75) is 30.9 Å². The van der Waals surface area contributed by atoms with E-state index < -0.39 is 5.60 Å². The highest BCUT2D eigenvalue weighted by Gasteiger charge is 2.44. The molecule has 3 aromatic rings. The van der Waals surface area contributed by atoms with Crippen LogP contribution in [0.1, 0.15) is 41.2 Å². The molecule has 1 atom stereocenters. The van der Waals surface area contributed by atoms with Gasteiger partial charge in [-0.2, -0.15) is 0 Å². The number of halogens is 1. The van der Waals surface area contributed by atoms with Crippen LogP contribution >= 0.6 is 15.9 Å². The van der Waals surface area contributed by atoms with Crippen LogP contribution in [0.5, 0.6) is 5.75 Å². The fourth-order valence-corrected chi connectivity index (χ4v) is 5.19. The number of fused-ring (bicyclic) bond motifs is 2. The Labute approximate surface area is 194 Å². The summed E-state index contributed by atoms with van der Waals surface area (Å²) in [6.07, 6.45) is 3.51. The molecule has 0 radical (unpaired) electrons. The Kier molecular flexibility index (Phi) is 5.33. The summed E-state index contributed by atoms with van der Waals surface area (Å²) < 4.78 is 12.3. The minimum atomic E-state index is -0.443. The number of amides is 2. The number of hydrogen-bond donors (Lipinski definition) is 2. The number of H-pyrrole nitrogens is 1. The number of aromatic amines is 1. The zero-order valence-electron chi connectivity index (χ0n) is 17.7. The average molecular weight is 498 g/mol. The number of carbonyl (C=O) groups is 2. The molecule has 0 aliphatic carbocycles. The van der Waals surface area contributed by atoms with Crippen molar-refractivity contribution in [2.24, 2.45) is 0 Å². The highest BCUT2D eigenvalue weighted by atomic mass is 79.9. The summed E-state index contributed by atoms with van der Waals surface area (Å²) in [5.41, 5.74) is 1.95. The van der Waals surface area contributed by atoms with Crippen molar-refractivity contribution in [3.8, 4) is 5.75 Å². The lowest BCUT2D eigenvalue weighted by atomic mass is 9.80. The number of aromatic nitrogens is 1. The van der Waals surface area contributed by atoms with E-state index in [-0.39, 0.29) is 18.0 Å². The van der Waals surface area contributed by atoms with E-state index in [9.17, 15) is 9.59 Å². The van der Waals surface area contributed by atoms with E-state index in [1.807, 2.05) is 48.7 Å². The number of nitrogens with zero attached hydrogens (tertiary/aromatic N) is 1. The van der Waals surface area contributed by atoms with Crippen LogP contribution in [0.25, 0.3) is 10.9 Å². The van der Waals surface area contributed by atoms with Crippen molar-refractivity contribution in [1.29, 1.82) is 0 Å².